The Morgan fingerprint density at radius 2 is 1.74 bits per heavy atom. The van der Waals surface area contributed by atoms with Gasteiger partial charge in [0.15, 0.2) is 5.78 Å². The first-order chi connectivity index (χ1) is 10.9. The summed E-state index contributed by atoms with van der Waals surface area (Å²) in [6.07, 6.45) is 9.40. The number of ketones is 1. The molecule has 1 saturated heterocycles. The molecule has 5 nitrogen and oxygen atoms in total. The molecule has 0 spiro atoms. The largest absolute Gasteiger partial charge is 0.327 e. The molecule has 1 unspecified atom stereocenters. The van der Waals surface area contributed by atoms with Gasteiger partial charge in [-0.15, -0.1) is 0 Å². The molecule has 3 fully saturated rings. The number of likely N-dealkylation sites (N-methyl/N-ethyl adjacent to an activating group) is 1. The van der Waals surface area contributed by atoms with Crippen LogP contribution in [-0.2, 0) is 9.59 Å². The van der Waals surface area contributed by atoms with Crippen LogP contribution >= 0.6 is 0 Å². The maximum Gasteiger partial charge on any atom is 0.327 e. The molecule has 2 aliphatic carbocycles. The van der Waals surface area contributed by atoms with Crippen molar-refractivity contribution in [3.05, 3.63) is 0 Å². The number of imide groups is 1. The van der Waals surface area contributed by atoms with Crippen molar-refractivity contribution in [2.24, 2.45) is 11.8 Å². The number of carbonyl (C=O) groups is 3. The third-order valence-electron chi connectivity index (χ3n) is 6.25. The molecule has 0 radical (unpaired) electrons. The normalized spacial score (nSPS) is 30.0. The molecule has 0 N–H and O–H groups in total. The fourth-order valence-electron chi connectivity index (χ4n) is 4.25. The summed E-state index contributed by atoms with van der Waals surface area (Å²) in [5.41, 5.74) is -0.769. The van der Waals surface area contributed by atoms with E-state index in [1.807, 2.05) is 6.92 Å². The maximum absolute atomic E-state index is 12.9. The average molecular weight is 320 g/mol. The van der Waals surface area contributed by atoms with Gasteiger partial charge in [0.1, 0.15) is 5.54 Å². The van der Waals surface area contributed by atoms with Gasteiger partial charge in [-0.2, -0.15) is 0 Å². The Morgan fingerprint density at radius 3 is 2.30 bits per heavy atom. The lowest BCUT2D eigenvalue weighted by Crippen LogP contribution is -2.47. The van der Waals surface area contributed by atoms with Crippen molar-refractivity contribution in [2.45, 2.75) is 70.3 Å². The molecule has 1 aliphatic heterocycles. The van der Waals surface area contributed by atoms with Gasteiger partial charge in [-0.3, -0.25) is 14.5 Å². The predicted octanol–water partition coefficient (Wildman–Crippen LogP) is 2.98. The Kier molecular flexibility index (Phi) is 4.47. The highest BCUT2D eigenvalue weighted by molar-refractivity contribution is 6.09. The molecule has 23 heavy (non-hydrogen) atoms. The molecule has 1 atom stereocenters. The second-order valence-electron chi connectivity index (χ2n) is 7.81. The highest BCUT2D eigenvalue weighted by Crippen LogP contribution is 2.39. The summed E-state index contributed by atoms with van der Waals surface area (Å²) in [7, 11) is 1.70. The molecule has 128 valence electrons. The van der Waals surface area contributed by atoms with Crippen molar-refractivity contribution < 1.29 is 14.4 Å². The fourth-order valence-corrected chi connectivity index (χ4v) is 4.25. The number of carbonyl (C=O) groups excluding carboxylic acids is 3. The molecular formula is C18H28N2O3. The van der Waals surface area contributed by atoms with E-state index in [4.69, 9.17) is 0 Å². The number of rotatable bonds is 5. The summed E-state index contributed by atoms with van der Waals surface area (Å²) in [6.45, 7) is 1.82. The second kappa shape index (κ2) is 6.25. The van der Waals surface area contributed by atoms with Crippen LogP contribution in [0.3, 0.4) is 0 Å². The molecule has 5 heteroatoms. The molecule has 0 aromatic heterocycles. The van der Waals surface area contributed by atoms with Gasteiger partial charge in [0.2, 0.25) is 0 Å². The minimum atomic E-state index is -0.769. The van der Waals surface area contributed by atoms with Crippen molar-refractivity contribution >= 4 is 17.7 Å². The Hall–Kier alpha value is -1.39. The minimum absolute atomic E-state index is 0.0348. The molecule has 3 aliphatic rings. The minimum Gasteiger partial charge on any atom is -0.313 e. The Bertz CT molecular complexity index is 508. The summed E-state index contributed by atoms with van der Waals surface area (Å²) in [5.74, 6) is 0.454. The monoisotopic (exact) mass is 320 g/mol. The first-order valence-electron chi connectivity index (χ1n) is 9.06. The van der Waals surface area contributed by atoms with E-state index in [-0.39, 0.29) is 30.2 Å². The topological polar surface area (TPSA) is 57.7 Å². The van der Waals surface area contributed by atoms with Crippen molar-refractivity contribution in [3.63, 3.8) is 0 Å². The zero-order chi connectivity index (χ0) is 16.6. The highest BCUT2D eigenvalue weighted by Gasteiger charge is 2.54. The second-order valence-corrected chi connectivity index (χ2v) is 7.81. The van der Waals surface area contributed by atoms with E-state index in [0.717, 1.165) is 44.9 Å². The standard InChI is InChI=1S/C18H28N2O3/c1-18(11-13-7-6-8-13)16(22)20(17(23)19(18)2)12-15(21)14-9-4-3-5-10-14/h13-14H,3-12H2,1-2H3. The zero-order valence-corrected chi connectivity index (χ0v) is 14.3. The van der Waals surface area contributed by atoms with Crippen LogP contribution in [-0.4, -0.2) is 46.7 Å². The molecule has 3 rings (SSSR count). The first kappa shape index (κ1) is 16.5. The molecule has 0 bridgehead atoms. The van der Waals surface area contributed by atoms with E-state index in [1.165, 1.54) is 17.7 Å². The van der Waals surface area contributed by atoms with Crippen molar-refractivity contribution in [1.29, 1.82) is 0 Å². The molecule has 3 amide bonds. The van der Waals surface area contributed by atoms with Gasteiger partial charge < -0.3 is 4.90 Å². The van der Waals surface area contributed by atoms with Crippen molar-refractivity contribution in [2.75, 3.05) is 13.6 Å². The molecule has 0 aromatic carbocycles. The van der Waals surface area contributed by atoms with E-state index < -0.39 is 5.54 Å². The summed E-state index contributed by atoms with van der Waals surface area (Å²) < 4.78 is 0. The lowest BCUT2D eigenvalue weighted by Gasteiger charge is -2.36. The van der Waals surface area contributed by atoms with Crippen molar-refractivity contribution in [1.82, 2.24) is 9.80 Å². The number of Topliss-reactive ketones (excluding diaryl/α,β-unsaturated/α-hetero) is 1. The summed E-state index contributed by atoms with van der Waals surface area (Å²) in [4.78, 5) is 40.6. The van der Waals surface area contributed by atoms with Gasteiger partial charge in [-0.1, -0.05) is 38.5 Å². The quantitative estimate of drug-likeness (QED) is 0.732. The lowest BCUT2D eigenvalue weighted by molar-refractivity contribution is -0.137. The first-order valence-corrected chi connectivity index (χ1v) is 9.06. The van der Waals surface area contributed by atoms with Crippen LogP contribution in [0.25, 0.3) is 0 Å². The number of nitrogens with zero attached hydrogens (tertiary/aromatic N) is 2. The van der Waals surface area contributed by atoms with Crippen LogP contribution in [0.1, 0.15) is 64.7 Å². The Morgan fingerprint density at radius 1 is 1.09 bits per heavy atom. The van der Waals surface area contributed by atoms with Crippen LogP contribution in [0.2, 0.25) is 0 Å². The maximum atomic E-state index is 12.9. The fraction of sp³-hybridized carbons (Fsp3) is 0.833. The Labute approximate surface area is 138 Å². The SMILES string of the molecule is CN1C(=O)N(CC(=O)C2CCCCC2)C(=O)C1(C)CC1CCC1. The van der Waals surface area contributed by atoms with Crippen molar-refractivity contribution in [3.8, 4) is 0 Å². The predicted molar refractivity (Wildman–Crippen MR) is 86.8 cm³/mol. The molecule has 2 saturated carbocycles. The molecule has 1 heterocycles. The zero-order valence-electron chi connectivity index (χ0n) is 14.3. The average Bonchev–Trinajstić information content (AvgIpc) is 2.68. The summed E-state index contributed by atoms with van der Waals surface area (Å²) >= 11 is 0. The lowest BCUT2D eigenvalue weighted by atomic mass is 9.76. The van der Waals surface area contributed by atoms with E-state index in [2.05, 4.69) is 0 Å². The number of hydrogen-bond acceptors (Lipinski definition) is 3. The summed E-state index contributed by atoms with van der Waals surface area (Å²) in [6, 6.07) is -0.305. The Balaban J connectivity index is 1.68. The molecule has 0 aromatic rings. The van der Waals surface area contributed by atoms with E-state index >= 15 is 0 Å². The molecular weight excluding hydrogens is 292 g/mol. The third kappa shape index (κ3) is 2.90. The van der Waals surface area contributed by atoms with Gasteiger partial charge in [0.05, 0.1) is 6.54 Å². The van der Waals surface area contributed by atoms with Crippen LogP contribution in [0.15, 0.2) is 0 Å². The smallest absolute Gasteiger partial charge is 0.313 e. The van der Waals surface area contributed by atoms with Crippen LogP contribution in [0.5, 0.6) is 0 Å². The number of amides is 3. The highest BCUT2D eigenvalue weighted by atomic mass is 16.2. The summed E-state index contributed by atoms with van der Waals surface area (Å²) in [5, 5.41) is 0. The number of urea groups is 1. The van der Waals surface area contributed by atoms with Crippen LogP contribution in [0, 0.1) is 11.8 Å². The van der Waals surface area contributed by atoms with Crippen LogP contribution < -0.4 is 0 Å². The van der Waals surface area contributed by atoms with Crippen LogP contribution in [0.4, 0.5) is 4.79 Å². The van der Waals surface area contributed by atoms with E-state index in [1.54, 1.807) is 11.9 Å². The van der Waals surface area contributed by atoms with Gasteiger partial charge in [0.25, 0.3) is 5.91 Å². The van der Waals surface area contributed by atoms with Gasteiger partial charge in [-0.05, 0) is 32.1 Å². The van der Waals surface area contributed by atoms with E-state index in [9.17, 15) is 14.4 Å². The third-order valence-corrected chi connectivity index (χ3v) is 6.25. The van der Waals surface area contributed by atoms with Gasteiger partial charge in [0, 0.05) is 13.0 Å². The van der Waals surface area contributed by atoms with E-state index in [0.29, 0.717) is 5.92 Å². The van der Waals surface area contributed by atoms with Gasteiger partial charge >= 0.3 is 6.03 Å². The van der Waals surface area contributed by atoms with Gasteiger partial charge in [-0.25, -0.2) is 4.79 Å². The number of hydrogen-bond donors (Lipinski definition) is 0.